The third-order valence-electron chi connectivity index (χ3n) is 2.58. The Morgan fingerprint density at radius 3 is 2.57 bits per heavy atom. The lowest BCUT2D eigenvalue weighted by Gasteiger charge is -2.35. The molecular weight excluding hydrogens is 182 g/mol. The summed E-state index contributed by atoms with van der Waals surface area (Å²) in [5.41, 5.74) is -0.737. The number of amides is 1. The number of nitriles is 1. The van der Waals surface area contributed by atoms with Crippen molar-refractivity contribution in [1.82, 2.24) is 10.2 Å². The molecule has 0 aliphatic carbocycles. The van der Waals surface area contributed by atoms with Crippen molar-refractivity contribution in [3.63, 3.8) is 0 Å². The molecule has 0 aromatic rings. The lowest BCUT2D eigenvalue weighted by molar-refractivity contribution is 0.143. The molecule has 1 fully saturated rings. The first-order valence-electron chi connectivity index (χ1n) is 4.58. The van der Waals surface area contributed by atoms with E-state index in [0.29, 0.717) is 12.8 Å². The second-order valence-electron chi connectivity index (χ2n) is 3.61. The van der Waals surface area contributed by atoms with Gasteiger partial charge in [0.15, 0.2) is 0 Å². The number of nitrogens with zero attached hydrogens (tertiary/aromatic N) is 2. The summed E-state index contributed by atoms with van der Waals surface area (Å²) in [4.78, 5) is 13.2. The van der Waals surface area contributed by atoms with Crippen LogP contribution in [0, 0.1) is 11.3 Å². The lowest BCUT2D eigenvalue weighted by atomic mass is 9.89. The van der Waals surface area contributed by atoms with Gasteiger partial charge < -0.3 is 15.0 Å². The Balaban J connectivity index is 2.60. The normalized spacial score (nSPS) is 20.9. The summed E-state index contributed by atoms with van der Waals surface area (Å²) >= 11 is 0. The first kappa shape index (κ1) is 10.8. The molecule has 1 saturated heterocycles. The van der Waals surface area contributed by atoms with Gasteiger partial charge in [-0.1, -0.05) is 0 Å². The van der Waals surface area contributed by atoms with E-state index >= 15 is 0 Å². The number of nitrogens with one attached hydrogen (secondary N) is 1. The summed E-state index contributed by atoms with van der Waals surface area (Å²) in [6, 6.07) is 2.16. The van der Waals surface area contributed by atoms with Gasteiger partial charge in [0, 0.05) is 13.1 Å². The van der Waals surface area contributed by atoms with E-state index in [2.05, 4.69) is 21.0 Å². The van der Waals surface area contributed by atoms with E-state index in [4.69, 9.17) is 5.26 Å². The molecule has 0 aromatic carbocycles. The number of alkyl carbamates (subject to hydrolysis) is 1. The van der Waals surface area contributed by atoms with Crippen molar-refractivity contribution >= 4 is 6.09 Å². The zero-order valence-electron chi connectivity index (χ0n) is 8.54. The number of piperidine rings is 1. The summed E-state index contributed by atoms with van der Waals surface area (Å²) < 4.78 is 4.49. The number of carbonyl (C=O) groups excluding carboxylic acids is 1. The average molecular weight is 197 g/mol. The number of carbonyl (C=O) groups is 1. The minimum absolute atomic E-state index is 0.531. The molecule has 5 heteroatoms. The van der Waals surface area contributed by atoms with Crippen LogP contribution in [0.4, 0.5) is 4.79 Å². The summed E-state index contributed by atoms with van der Waals surface area (Å²) in [7, 11) is 3.30. The number of ether oxygens (including phenoxy) is 1. The summed E-state index contributed by atoms with van der Waals surface area (Å²) in [6.45, 7) is 1.63. The van der Waals surface area contributed by atoms with Crippen LogP contribution in [-0.4, -0.2) is 43.8 Å². The van der Waals surface area contributed by atoms with Crippen molar-refractivity contribution in [2.75, 3.05) is 27.2 Å². The second-order valence-corrected chi connectivity index (χ2v) is 3.61. The van der Waals surface area contributed by atoms with Gasteiger partial charge in [0.25, 0.3) is 0 Å². The molecule has 78 valence electrons. The Morgan fingerprint density at radius 1 is 1.57 bits per heavy atom. The maximum absolute atomic E-state index is 11.0. The van der Waals surface area contributed by atoms with Gasteiger partial charge in [-0.25, -0.2) is 4.79 Å². The highest BCUT2D eigenvalue weighted by Gasteiger charge is 2.35. The van der Waals surface area contributed by atoms with Gasteiger partial charge in [0.05, 0.1) is 13.2 Å². The Kier molecular flexibility index (Phi) is 3.31. The molecule has 0 spiro atoms. The summed E-state index contributed by atoms with van der Waals surface area (Å²) in [5, 5.41) is 11.6. The Bertz CT molecular complexity index is 251. The molecule has 0 aromatic heterocycles. The molecule has 0 bridgehead atoms. The topological polar surface area (TPSA) is 65.4 Å². The SMILES string of the molecule is COC(=O)NC1(C#N)CCN(C)CC1. The summed E-state index contributed by atoms with van der Waals surface area (Å²) in [5.74, 6) is 0. The van der Waals surface area contributed by atoms with Crippen LogP contribution in [0.25, 0.3) is 0 Å². The molecule has 0 saturated carbocycles. The molecule has 0 radical (unpaired) electrons. The van der Waals surface area contributed by atoms with Crippen LogP contribution in [0.5, 0.6) is 0 Å². The van der Waals surface area contributed by atoms with Crippen LogP contribution in [0.2, 0.25) is 0 Å². The fourth-order valence-corrected chi connectivity index (χ4v) is 1.51. The van der Waals surface area contributed by atoms with Gasteiger partial charge in [0.1, 0.15) is 5.54 Å². The largest absolute Gasteiger partial charge is 0.453 e. The van der Waals surface area contributed by atoms with E-state index in [1.54, 1.807) is 0 Å². The minimum atomic E-state index is -0.737. The lowest BCUT2D eigenvalue weighted by Crippen LogP contribution is -2.53. The first-order valence-corrected chi connectivity index (χ1v) is 4.58. The van der Waals surface area contributed by atoms with E-state index in [9.17, 15) is 4.79 Å². The van der Waals surface area contributed by atoms with Crippen molar-refractivity contribution < 1.29 is 9.53 Å². The molecule has 0 atom stereocenters. The molecule has 5 nitrogen and oxygen atoms in total. The zero-order chi connectivity index (χ0) is 10.6. The molecule has 1 aliphatic heterocycles. The van der Waals surface area contributed by atoms with Crippen molar-refractivity contribution in [3.05, 3.63) is 0 Å². The van der Waals surface area contributed by atoms with E-state index < -0.39 is 11.6 Å². The third-order valence-corrected chi connectivity index (χ3v) is 2.58. The fourth-order valence-electron chi connectivity index (χ4n) is 1.51. The molecule has 1 N–H and O–H groups in total. The Morgan fingerprint density at radius 2 is 2.14 bits per heavy atom. The highest BCUT2D eigenvalue weighted by molar-refractivity contribution is 5.68. The molecule has 1 heterocycles. The zero-order valence-corrected chi connectivity index (χ0v) is 8.54. The molecule has 1 amide bonds. The third kappa shape index (κ3) is 2.36. The Labute approximate surface area is 83.6 Å². The first-order chi connectivity index (χ1) is 6.62. The molecule has 1 aliphatic rings. The van der Waals surface area contributed by atoms with Crippen molar-refractivity contribution in [2.24, 2.45) is 0 Å². The van der Waals surface area contributed by atoms with Crippen molar-refractivity contribution in [1.29, 1.82) is 5.26 Å². The van der Waals surface area contributed by atoms with Gasteiger partial charge in [-0.05, 0) is 19.9 Å². The Hall–Kier alpha value is -1.28. The van der Waals surface area contributed by atoms with Gasteiger partial charge >= 0.3 is 6.09 Å². The smallest absolute Gasteiger partial charge is 0.408 e. The predicted molar refractivity (Wildman–Crippen MR) is 50.6 cm³/mol. The van der Waals surface area contributed by atoms with Crippen LogP contribution >= 0.6 is 0 Å². The highest BCUT2D eigenvalue weighted by atomic mass is 16.5. The predicted octanol–water partition coefficient (Wildman–Crippen LogP) is 0.330. The van der Waals surface area contributed by atoms with Crippen LogP contribution in [0.3, 0.4) is 0 Å². The number of rotatable bonds is 1. The van der Waals surface area contributed by atoms with E-state index in [0.717, 1.165) is 13.1 Å². The van der Waals surface area contributed by atoms with Gasteiger partial charge in [-0.2, -0.15) is 5.26 Å². The average Bonchev–Trinajstić information content (AvgIpc) is 2.22. The molecule has 1 rings (SSSR count). The highest BCUT2D eigenvalue weighted by Crippen LogP contribution is 2.20. The minimum Gasteiger partial charge on any atom is -0.453 e. The van der Waals surface area contributed by atoms with Crippen LogP contribution in [0.15, 0.2) is 0 Å². The number of likely N-dealkylation sites (tertiary alicyclic amines) is 1. The van der Waals surface area contributed by atoms with Crippen LogP contribution < -0.4 is 5.32 Å². The van der Waals surface area contributed by atoms with Gasteiger partial charge in [0.2, 0.25) is 0 Å². The van der Waals surface area contributed by atoms with Crippen LogP contribution in [0.1, 0.15) is 12.8 Å². The number of hydrogen-bond donors (Lipinski definition) is 1. The maximum atomic E-state index is 11.0. The maximum Gasteiger partial charge on any atom is 0.408 e. The molecule has 0 unspecified atom stereocenters. The molecule has 14 heavy (non-hydrogen) atoms. The van der Waals surface area contributed by atoms with Gasteiger partial charge in [-0.15, -0.1) is 0 Å². The van der Waals surface area contributed by atoms with Crippen molar-refractivity contribution in [3.8, 4) is 6.07 Å². The standard InChI is InChI=1S/C9H15N3O2/c1-12-5-3-9(7-10,4-6-12)11-8(13)14-2/h3-6H2,1-2H3,(H,11,13). The van der Waals surface area contributed by atoms with Gasteiger partial charge in [-0.3, -0.25) is 0 Å². The number of methoxy groups -OCH3 is 1. The molecular formula is C9H15N3O2. The van der Waals surface area contributed by atoms with E-state index in [1.165, 1.54) is 7.11 Å². The fraction of sp³-hybridized carbons (Fsp3) is 0.778. The van der Waals surface area contributed by atoms with Crippen LogP contribution in [-0.2, 0) is 4.74 Å². The van der Waals surface area contributed by atoms with E-state index in [1.807, 2.05) is 7.05 Å². The van der Waals surface area contributed by atoms with E-state index in [-0.39, 0.29) is 0 Å². The number of hydrogen-bond acceptors (Lipinski definition) is 4. The second kappa shape index (κ2) is 4.29. The summed E-state index contributed by atoms with van der Waals surface area (Å²) in [6.07, 6.45) is 0.764. The quantitative estimate of drug-likeness (QED) is 0.658. The monoisotopic (exact) mass is 197 g/mol. The van der Waals surface area contributed by atoms with Crippen molar-refractivity contribution in [2.45, 2.75) is 18.4 Å².